The molecule has 1 N–H and O–H groups in total. The molecule has 2 fully saturated rings. The standard InChI is InChI=1S/C17H23ClN2O/c1-12-15(3-2-4-16(12)18)17(21)20-9-7-14(8-10-20)19-11-13-5-6-13/h2-4,13-14,19H,5-11H2,1H3. The zero-order valence-electron chi connectivity index (χ0n) is 12.6. The van der Waals surface area contributed by atoms with Crippen LogP contribution in [-0.4, -0.2) is 36.5 Å². The van der Waals surface area contributed by atoms with Crippen LogP contribution in [0, 0.1) is 12.8 Å². The van der Waals surface area contributed by atoms with E-state index in [1.165, 1.54) is 12.8 Å². The smallest absolute Gasteiger partial charge is 0.254 e. The van der Waals surface area contributed by atoms with Gasteiger partial charge in [-0.25, -0.2) is 0 Å². The molecule has 21 heavy (non-hydrogen) atoms. The highest BCUT2D eigenvalue weighted by Crippen LogP contribution is 2.28. The number of nitrogens with zero attached hydrogens (tertiary/aromatic N) is 1. The molecule has 0 unspecified atom stereocenters. The SMILES string of the molecule is Cc1c(Cl)cccc1C(=O)N1CCC(NCC2CC2)CC1. The topological polar surface area (TPSA) is 32.3 Å². The van der Waals surface area contributed by atoms with Crippen molar-refractivity contribution in [1.82, 2.24) is 10.2 Å². The van der Waals surface area contributed by atoms with Gasteiger partial charge in [-0.3, -0.25) is 4.79 Å². The van der Waals surface area contributed by atoms with Crippen LogP contribution in [0.2, 0.25) is 5.02 Å². The van der Waals surface area contributed by atoms with Crippen LogP contribution in [0.15, 0.2) is 18.2 Å². The van der Waals surface area contributed by atoms with Crippen LogP contribution in [0.4, 0.5) is 0 Å². The quantitative estimate of drug-likeness (QED) is 0.926. The number of likely N-dealkylation sites (tertiary alicyclic amines) is 1. The van der Waals surface area contributed by atoms with Crippen LogP contribution in [0.25, 0.3) is 0 Å². The van der Waals surface area contributed by atoms with Gasteiger partial charge in [0, 0.05) is 29.7 Å². The Morgan fingerprint density at radius 2 is 2.00 bits per heavy atom. The lowest BCUT2D eigenvalue weighted by molar-refractivity contribution is 0.0704. The molecule has 1 saturated carbocycles. The van der Waals surface area contributed by atoms with E-state index in [4.69, 9.17) is 11.6 Å². The van der Waals surface area contributed by atoms with Gasteiger partial charge in [0.05, 0.1) is 0 Å². The third-order valence-corrected chi connectivity index (χ3v) is 5.08. The highest BCUT2D eigenvalue weighted by atomic mass is 35.5. The van der Waals surface area contributed by atoms with Crippen molar-refractivity contribution in [1.29, 1.82) is 0 Å². The monoisotopic (exact) mass is 306 g/mol. The molecule has 1 aromatic rings. The summed E-state index contributed by atoms with van der Waals surface area (Å²) in [7, 11) is 0. The van der Waals surface area contributed by atoms with E-state index < -0.39 is 0 Å². The molecule has 1 aliphatic heterocycles. The molecule has 1 heterocycles. The molecular formula is C17H23ClN2O. The number of hydrogen-bond donors (Lipinski definition) is 1. The van der Waals surface area contributed by atoms with E-state index in [0.29, 0.717) is 11.1 Å². The number of piperidine rings is 1. The molecule has 1 aliphatic carbocycles. The molecule has 0 atom stereocenters. The van der Waals surface area contributed by atoms with E-state index in [1.54, 1.807) is 0 Å². The first kappa shape index (κ1) is 14.9. The maximum Gasteiger partial charge on any atom is 0.254 e. The van der Waals surface area contributed by atoms with Crippen LogP contribution in [0.3, 0.4) is 0 Å². The summed E-state index contributed by atoms with van der Waals surface area (Å²) in [5.74, 6) is 1.04. The van der Waals surface area contributed by atoms with Crippen molar-refractivity contribution in [2.45, 2.75) is 38.6 Å². The first-order valence-corrected chi connectivity index (χ1v) is 8.30. The maximum absolute atomic E-state index is 12.6. The Morgan fingerprint density at radius 3 is 2.67 bits per heavy atom. The summed E-state index contributed by atoms with van der Waals surface area (Å²) >= 11 is 6.12. The number of nitrogens with one attached hydrogen (secondary N) is 1. The van der Waals surface area contributed by atoms with E-state index in [9.17, 15) is 4.79 Å². The van der Waals surface area contributed by atoms with Crippen molar-refractivity contribution in [2.75, 3.05) is 19.6 Å². The number of benzene rings is 1. The third kappa shape index (κ3) is 3.58. The summed E-state index contributed by atoms with van der Waals surface area (Å²) in [4.78, 5) is 14.6. The third-order valence-electron chi connectivity index (χ3n) is 4.67. The van der Waals surface area contributed by atoms with E-state index in [-0.39, 0.29) is 5.91 Å². The van der Waals surface area contributed by atoms with Crippen LogP contribution in [0.1, 0.15) is 41.6 Å². The molecule has 1 saturated heterocycles. The predicted octanol–water partition coefficient (Wildman–Crippen LogP) is 3.25. The summed E-state index contributed by atoms with van der Waals surface area (Å²) in [5, 5.41) is 4.31. The first-order chi connectivity index (χ1) is 10.1. The summed E-state index contributed by atoms with van der Waals surface area (Å²) in [6.45, 7) is 4.76. The van der Waals surface area contributed by atoms with Crippen LogP contribution >= 0.6 is 11.6 Å². The van der Waals surface area contributed by atoms with E-state index in [1.807, 2.05) is 30.0 Å². The number of carbonyl (C=O) groups is 1. The van der Waals surface area contributed by atoms with Gasteiger partial charge in [-0.15, -0.1) is 0 Å². The highest BCUT2D eigenvalue weighted by Gasteiger charge is 2.26. The molecule has 114 valence electrons. The van der Waals surface area contributed by atoms with Crippen molar-refractivity contribution >= 4 is 17.5 Å². The van der Waals surface area contributed by atoms with Crippen molar-refractivity contribution < 1.29 is 4.79 Å². The van der Waals surface area contributed by atoms with Gasteiger partial charge < -0.3 is 10.2 Å². The van der Waals surface area contributed by atoms with Gasteiger partial charge in [0.2, 0.25) is 0 Å². The van der Waals surface area contributed by atoms with Gasteiger partial charge in [-0.2, -0.15) is 0 Å². The average Bonchev–Trinajstić information content (AvgIpc) is 3.32. The second-order valence-corrected chi connectivity index (χ2v) is 6.74. The Hall–Kier alpha value is -1.06. The molecule has 0 bridgehead atoms. The van der Waals surface area contributed by atoms with Gasteiger partial charge in [0.25, 0.3) is 5.91 Å². The summed E-state index contributed by atoms with van der Waals surface area (Å²) in [6.07, 6.45) is 4.88. The number of rotatable bonds is 4. The summed E-state index contributed by atoms with van der Waals surface area (Å²) in [5.41, 5.74) is 1.63. The molecule has 3 rings (SSSR count). The van der Waals surface area contributed by atoms with Crippen molar-refractivity contribution in [3.05, 3.63) is 34.3 Å². The fourth-order valence-corrected chi connectivity index (χ4v) is 3.13. The van der Waals surface area contributed by atoms with Crippen molar-refractivity contribution in [3.63, 3.8) is 0 Å². The highest BCUT2D eigenvalue weighted by molar-refractivity contribution is 6.31. The van der Waals surface area contributed by atoms with Gasteiger partial charge >= 0.3 is 0 Å². The molecule has 4 heteroatoms. The normalized spacial score (nSPS) is 19.8. The lowest BCUT2D eigenvalue weighted by Gasteiger charge is -2.33. The zero-order chi connectivity index (χ0) is 14.8. The number of carbonyl (C=O) groups excluding carboxylic acids is 1. The number of hydrogen-bond acceptors (Lipinski definition) is 2. The lowest BCUT2D eigenvalue weighted by atomic mass is 10.0. The van der Waals surface area contributed by atoms with E-state index in [0.717, 1.165) is 49.5 Å². The van der Waals surface area contributed by atoms with E-state index >= 15 is 0 Å². The van der Waals surface area contributed by atoms with Crippen LogP contribution < -0.4 is 5.32 Å². The molecule has 3 nitrogen and oxygen atoms in total. The Labute approximate surface area is 131 Å². The fraction of sp³-hybridized carbons (Fsp3) is 0.588. The summed E-state index contributed by atoms with van der Waals surface area (Å²) < 4.78 is 0. The Balaban J connectivity index is 1.55. The summed E-state index contributed by atoms with van der Waals surface area (Å²) in [6, 6.07) is 6.14. The minimum Gasteiger partial charge on any atom is -0.339 e. The first-order valence-electron chi connectivity index (χ1n) is 7.93. The second kappa shape index (κ2) is 6.37. The Bertz CT molecular complexity index is 520. The number of halogens is 1. The zero-order valence-corrected chi connectivity index (χ0v) is 13.3. The predicted molar refractivity (Wildman–Crippen MR) is 85.8 cm³/mol. The molecule has 1 aromatic carbocycles. The number of amides is 1. The largest absolute Gasteiger partial charge is 0.339 e. The molecule has 1 amide bonds. The van der Waals surface area contributed by atoms with Crippen LogP contribution in [0.5, 0.6) is 0 Å². The van der Waals surface area contributed by atoms with Gasteiger partial charge in [0.15, 0.2) is 0 Å². The van der Waals surface area contributed by atoms with Gasteiger partial charge in [0.1, 0.15) is 0 Å². The average molecular weight is 307 g/mol. The van der Waals surface area contributed by atoms with Crippen molar-refractivity contribution in [2.24, 2.45) is 5.92 Å². The second-order valence-electron chi connectivity index (χ2n) is 6.33. The lowest BCUT2D eigenvalue weighted by Crippen LogP contribution is -2.45. The minimum absolute atomic E-state index is 0.121. The molecule has 2 aliphatic rings. The van der Waals surface area contributed by atoms with Crippen LogP contribution in [-0.2, 0) is 0 Å². The Kier molecular flexibility index (Phi) is 4.51. The molecule has 0 aromatic heterocycles. The molecular weight excluding hydrogens is 284 g/mol. The maximum atomic E-state index is 12.6. The molecule has 0 spiro atoms. The fourth-order valence-electron chi connectivity index (χ4n) is 2.95. The van der Waals surface area contributed by atoms with Gasteiger partial charge in [-0.05, 0) is 62.8 Å². The Morgan fingerprint density at radius 1 is 1.29 bits per heavy atom. The van der Waals surface area contributed by atoms with E-state index in [2.05, 4.69) is 5.32 Å². The van der Waals surface area contributed by atoms with Gasteiger partial charge in [-0.1, -0.05) is 17.7 Å². The minimum atomic E-state index is 0.121. The molecule has 0 radical (unpaired) electrons. The van der Waals surface area contributed by atoms with Crippen molar-refractivity contribution in [3.8, 4) is 0 Å².